The van der Waals surface area contributed by atoms with Gasteiger partial charge in [-0.15, -0.1) is 0 Å². The molecular weight excluding hydrogens is 334 g/mol. The number of halogens is 1. The number of hydrogen-bond donors (Lipinski definition) is 1. The summed E-state index contributed by atoms with van der Waals surface area (Å²) in [4.78, 5) is 4.39. The number of fused-ring (bicyclic) bond motifs is 5. The quantitative estimate of drug-likeness (QED) is 0.678. The van der Waals surface area contributed by atoms with Crippen molar-refractivity contribution in [3.63, 3.8) is 0 Å². The zero-order valence-electron chi connectivity index (χ0n) is 11.5. The SMILES string of the molecule is N#Cc1cc2c(c3ncccc13)NS(=O)(=O)c1ccc(Cl)cc1-2. The van der Waals surface area contributed by atoms with Gasteiger partial charge in [0.1, 0.15) is 0 Å². The third kappa shape index (κ3) is 1.98. The van der Waals surface area contributed by atoms with Gasteiger partial charge in [0.2, 0.25) is 0 Å². The first-order valence-electron chi connectivity index (χ1n) is 6.66. The van der Waals surface area contributed by atoms with Crippen molar-refractivity contribution in [1.29, 1.82) is 5.26 Å². The number of sulfonamides is 1. The number of nitriles is 1. The number of benzene rings is 2. The average Bonchev–Trinajstić information content (AvgIpc) is 2.54. The molecule has 0 saturated heterocycles. The van der Waals surface area contributed by atoms with Crippen LogP contribution >= 0.6 is 11.6 Å². The van der Waals surface area contributed by atoms with E-state index in [1.165, 1.54) is 12.1 Å². The second kappa shape index (κ2) is 4.69. The van der Waals surface area contributed by atoms with Crippen LogP contribution in [-0.4, -0.2) is 13.4 Å². The van der Waals surface area contributed by atoms with Crippen molar-refractivity contribution < 1.29 is 8.42 Å². The maximum atomic E-state index is 12.5. The maximum Gasteiger partial charge on any atom is 0.262 e. The molecule has 1 aliphatic heterocycles. The molecule has 2 aromatic carbocycles. The summed E-state index contributed by atoms with van der Waals surface area (Å²) >= 11 is 6.03. The lowest BCUT2D eigenvalue weighted by molar-refractivity contribution is 0.601. The Balaban J connectivity index is 2.22. The van der Waals surface area contributed by atoms with Crippen LogP contribution in [0.15, 0.2) is 47.5 Å². The van der Waals surface area contributed by atoms with Crippen LogP contribution in [0.2, 0.25) is 5.02 Å². The lowest BCUT2D eigenvalue weighted by Gasteiger charge is -2.23. The molecule has 0 atom stereocenters. The summed E-state index contributed by atoms with van der Waals surface area (Å²) in [7, 11) is -3.71. The Morgan fingerprint density at radius 2 is 2.00 bits per heavy atom. The van der Waals surface area contributed by atoms with E-state index in [2.05, 4.69) is 15.8 Å². The topological polar surface area (TPSA) is 82.8 Å². The molecular formula is C16H8ClN3O2S. The molecule has 3 aromatic rings. The number of aromatic nitrogens is 1. The Hall–Kier alpha value is -2.62. The molecule has 0 amide bonds. The molecule has 5 nitrogen and oxygen atoms in total. The number of rotatable bonds is 0. The van der Waals surface area contributed by atoms with Crippen molar-refractivity contribution >= 4 is 38.2 Å². The Bertz CT molecular complexity index is 1130. The molecule has 1 aromatic heterocycles. The van der Waals surface area contributed by atoms with Crippen LogP contribution in [-0.2, 0) is 10.0 Å². The molecule has 0 unspecified atom stereocenters. The highest BCUT2D eigenvalue weighted by molar-refractivity contribution is 7.93. The molecule has 7 heteroatoms. The van der Waals surface area contributed by atoms with Gasteiger partial charge in [0.15, 0.2) is 0 Å². The lowest BCUT2D eigenvalue weighted by Crippen LogP contribution is -2.19. The van der Waals surface area contributed by atoms with Gasteiger partial charge in [0.25, 0.3) is 10.0 Å². The Labute approximate surface area is 137 Å². The lowest BCUT2D eigenvalue weighted by atomic mass is 9.97. The second-order valence-electron chi connectivity index (χ2n) is 5.10. The molecule has 4 rings (SSSR count). The van der Waals surface area contributed by atoms with E-state index in [1.54, 1.807) is 30.5 Å². The first-order valence-corrected chi connectivity index (χ1v) is 8.52. The third-order valence-electron chi connectivity index (χ3n) is 3.77. The van der Waals surface area contributed by atoms with Crippen molar-refractivity contribution in [2.45, 2.75) is 4.90 Å². The van der Waals surface area contributed by atoms with Gasteiger partial charge in [-0.2, -0.15) is 5.26 Å². The Kier molecular flexibility index (Phi) is 2.85. The highest BCUT2D eigenvalue weighted by Gasteiger charge is 2.30. The normalized spacial score (nSPS) is 14.4. The van der Waals surface area contributed by atoms with Crippen LogP contribution in [0.25, 0.3) is 22.0 Å². The third-order valence-corrected chi connectivity index (χ3v) is 5.41. The summed E-state index contributed by atoms with van der Waals surface area (Å²) in [5.41, 5.74) is 2.30. The van der Waals surface area contributed by atoms with Crippen molar-refractivity contribution in [2.24, 2.45) is 0 Å². The molecule has 1 N–H and O–H groups in total. The minimum Gasteiger partial charge on any atom is -0.277 e. The maximum absolute atomic E-state index is 12.5. The minimum absolute atomic E-state index is 0.133. The Morgan fingerprint density at radius 1 is 1.17 bits per heavy atom. The van der Waals surface area contributed by atoms with Crippen LogP contribution in [0.5, 0.6) is 0 Å². The van der Waals surface area contributed by atoms with Crippen molar-refractivity contribution in [3.05, 3.63) is 53.2 Å². The van der Waals surface area contributed by atoms with E-state index in [0.29, 0.717) is 38.3 Å². The van der Waals surface area contributed by atoms with Crippen LogP contribution in [0, 0.1) is 11.3 Å². The molecule has 0 fully saturated rings. The van der Waals surface area contributed by atoms with Gasteiger partial charge < -0.3 is 0 Å². The van der Waals surface area contributed by atoms with Crippen molar-refractivity contribution in [1.82, 2.24) is 4.98 Å². The number of anilines is 1. The summed E-state index contributed by atoms with van der Waals surface area (Å²) in [6.45, 7) is 0. The molecule has 0 spiro atoms. The highest BCUT2D eigenvalue weighted by Crippen LogP contribution is 2.44. The van der Waals surface area contributed by atoms with Crippen LogP contribution in [0.3, 0.4) is 0 Å². The van der Waals surface area contributed by atoms with E-state index >= 15 is 0 Å². The van der Waals surface area contributed by atoms with Gasteiger partial charge in [-0.1, -0.05) is 11.6 Å². The van der Waals surface area contributed by atoms with E-state index in [9.17, 15) is 13.7 Å². The van der Waals surface area contributed by atoms with Crippen LogP contribution in [0.4, 0.5) is 5.69 Å². The summed E-state index contributed by atoms with van der Waals surface area (Å²) in [6.07, 6.45) is 1.56. The fourth-order valence-corrected chi connectivity index (χ4v) is 4.25. The van der Waals surface area contributed by atoms with Crippen LogP contribution in [0.1, 0.15) is 5.56 Å². The van der Waals surface area contributed by atoms with E-state index < -0.39 is 10.0 Å². The molecule has 2 heterocycles. The number of pyridine rings is 1. The standard InChI is InChI=1S/C16H8ClN3O2S/c17-10-3-4-14-12(7-10)13-6-9(8-18)11-2-1-5-19-15(11)16(13)20-23(14,21)22/h1-7,20H. The van der Waals surface area contributed by atoms with Gasteiger partial charge in [-0.3, -0.25) is 9.71 Å². The fraction of sp³-hybridized carbons (Fsp3) is 0. The highest BCUT2D eigenvalue weighted by atomic mass is 35.5. The monoisotopic (exact) mass is 341 g/mol. The molecule has 0 bridgehead atoms. The first kappa shape index (κ1) is 14.0. The average molecular weight is 342 g/mol. The van der Waals surface area contributed by atoms with Crippen molar-refractivity contribution in [3.8, 4) is 17.2 Å². The summed E-state index contributed by atoms with van der Waals surface area (Å²) in [6, 6.07) is 11.8. The summed E-state index contributed by atoms with van der Waals surface area (Å²) in [5, 5.41) is 10.4. The summed E-state index contributed by atoms with van der Waals surface area (Å²) < 4.78 is 27.6. The smallest absolute Gasteiger partial charge is 0.262 e. The molecule has 1 aliphatic rings. The summed E-state index contributed by atoms with van der Waals surface area (Å²) in [5.74, 6) is 0. The zero-order valence-corrected chi connectivity index (χ0v) is 13.1. The van der Waals surface area contributed by atoms with E-state index in [1.807, 2.05) is 0 Å². The van der Waals surface area contributed by atoms with Gasteiger partial charge in [-0.05, 0) is 36.4 Å². The van der Waals surface area contributed by atoms with Crippen LogP contribution < -0.4 is 4.72 Å². The van der Waals surface area contributed by atoms with E-state index in [0.717, 1.165) is 0 Å². The minimum atomic E-state index is -3.71. The zero-order chi connectivity index (χ0) is 16.2. The van der Waals surface area contributed by atoms with Gasteiger partial charge in [0.05, 0.1) is 27.7 Å². The van der Waals surface area contributed by atoms with E-state index in [-0.39, 0.29) is 4.90 Å². The fourth-order valence-electron chi connectivity index (χ4n) is 2.79. The molecule has 0 aliphatic carbocycles. The van der Waals surface area contributed by atoms with Gasteiger partial charge in [-0.25, -0.2) is 8.42 Å². The molecule has 0 radical (unpaired) electrons. The molecule has 0 saturated carbocycles. The largest absolute Gasteiger partial charge is 0.277 e. The Morgan fingerprint density at radius 3 is 2.78 bits per heavy atom. The van der Waals surface area contributed by atoms with Crippen molar-refractivity contribution in [2.75, 3.05) is 4.72 Å². The number of nitrogens with zero attached hydrogens (tertiary/aromatic N) is 2. The first-order chi connectivity index (χ1) is 11.0. The van der Waals surface area contributed by atoms with Gasteiger partial charge in [0, 0.05) is 27.7 Å². The molecule has 112 valence electrons. The van der Waals surface area contributed by atoms with E-state index in [4.69, 9.17) is 11.6 Å². The predicted octanol–water partition coefficient (Wildman–Crippen LogP) is 3.54. The number of nitrogens with one attached hydrogen (secondary N) is 1. The second-order valence-corrected chi connectivity index (χ2v) is 7.19. The van der Waals surface area contributed by atoms with Gasteiger partial charge >= 0.3 is 0 Å². The molecule has 23 heavy (non-hydrogen) atoms. The predicted molar refractivity (Wildman–Crippen MR) is 87.7 cm³/mol. The number of hydrogen-bond acceptors (Lipinski definition) is 4.